The van der Waals surface area contributed by atoms with Crippen LogP contribution in [0.5, 0.6) is 0 Å². The lowest BCUT2D eigenvalue weighted by Crippen LogP contribution is -2.13. The van der Waals surface area contributed by atoms with Crippen molar-refractivity contribution in [1.29, 1.82) is 0 Å². The van der Waals surface area contributed by atoms with Gasteiger partial charge in [0, 0.05) is 11.5 Å². The molecule has 0 aromatic heterocycles. The van der Waals surface area contributed by atoms with Crippen LogP contribution in [0.15, 0.2) is 5.11 Å². The molecule has 6 heteroatoms. The molecule has 1 saturated carbocycles. The summed E-state index contributed by atoms with van der Waals surface area (Å²) >= 11 is 1.74. The fourth-order valence-corrected chi connectivity index (χ4v) is 2.54. The maximum Gasteiger partial charge on any atom is 0.306 e. The van der Waals surface area contributed by atoms with Crippen LogP contribution in [0.4, 0.5) is 0 Å². The van der Waals surface area contributed by atoms with Gasteiger partial charge in [0.2, 0.25) is 0 Å². The first-order valence-electron chi connectivity index (χ1n) is 4.88. The van der Waals surface area contributed by atoms with E-state index in [2.05, 4.69) is 14.8 Å². The van der Waals surface area contributed by atoms with Gasteiger partial charge in [-0.15, -0.1) is 0 Å². The van der Waals surface area contributed by atoms with Crippen molar-refractivity contribution in [3.63, 3.8) is 0 Å². The molecule has 0 spiro atoms. The minimum absolute atomic E-state index is 0.122. The van der Waals surface area contributed by atoms with Crippen LogP contribution < -0.4 is 0 Å². The lowest BCUT2D eigenvalue weighted by atomic mass is 10.1. The van der Waals surface area contributed by atoms with Crippen LogP contribution in [-0.2, 0) is 9.53 Å². The van der Waals surface area contributed by atoms with Crippen molar-refractivity contribution in [3.05, 3.63) is 10.4 Å². The Morgan fingerprint density at radius 1 is 1.67 bits per heavy atom. The smallest absolute Gasteiger partial charge is 0.306 e. The zero-order valence-electron chi connectivity index (χ0n) is 8.81. The molecule has 1 fully saturated rings. The molecule has 5 nitrogen and oxygen atoms in total. The Labute approximate surface area is 93.2 Å². The Morgan fingerprint density at radius 2 is 2.40 bits per heavy atom. The number of carbonyl (C=O) groups excluding carboxylic acids is 1. The van der Waals surface area contributed by atoms with Gasteiger partial charge in [0.1, 0.15) is 0 Å². The van der Waals surface area contributed by atoms with E-state index in [1.165, 1.54) is 7.11 Å². The molecular formula is C9H15N3O2S. The molecule has 84 valence electrons. The van der Waals surface area contributed by atoms with Crippen LogP contribution in [0.1, 0.15) is 19.3 Å². The Kier molecular flexibility index (Phi) is 4.78. The molecule has 0 amide bonds. The summed E-state index contributed by atoms with van der Waals surface area (Å²) in [5.74, 6) is 1.67. The lowest BCUT2D eigenvalue weighted by molar-refractivity contribution is -0.141. The molecule has 0 unspecified atom stereocenters. The van der Waals surface area contributed by atoms with E-state index in [9.17, 15) is 4.79 Å². The largest absolute Gasteiger partial charge is 0.469 e. The predicted molar refractivity (Wildman–Crippen MR) is 59.6 cm³/mol. The quantitative estimate of drug-likeness (QED) is 0.221. The molecule has 0 aromatic rings. The van der Waals surface area contributed by atoms with Crippen molar-refractivity contribution in [3.8, 4) is 0 Å². The maximum absolute atomic E-state index is 11.1. The molecule has 0 aromatic carbocycles. The van der Waals surface area contributed by atoms with E-state index >= 15 is 0 Å². The number of rotatable bonds is 7. The van der Waals surface area contributed by atoms with Crippen LogP contribution in [0.3, 0.4) is 0 Å². The summed E-state index contributed by atoms with van der Waals surface area (Å²) in [5, 5.41) is 3.46. The number of methoxy groups -OCH3 is 1. The molecule has 15 heavy (non-hydrogen) atoms. The highest BCUT2D eigenvalue weighted by Gasteiger charge is 2.44. The van der Waals surface area contributed by atoms with Crippen molar-refractivity contribution in [2.75, 3.05) is 25.2 Å². The Bertz CT molecular complexity index is 273. The van der Waals surface area contributed by atoms with E-state index < -0.39 is 0 Å². The summed E-state index contributed by atoms with van der Waals surface area (Å²) in [6.07, 6.45) is 2.74. The van der Waals surface area contributed by atoms with Gasteiger partial charge in [-0.05, 0) is 35.3 Å². The summed E-state index contributed by atoms with van der Waals surface area (Å²) in [6.45, 7) is 0.523. The molecule has 0 atom stereocenters. The molecule has 1 aliphatic carbocycles. The second-order valence-corrected chi connectivity index (χ2v) is 4.87. The number of hydrogen-bond acceptors (Lipinski definition) is 4. The average Bonchev–Trinajstić information content (AvgIpc) is 2.98. The number of esters is 1. The van der Waals surface area contributed by atoms with Crippen molar-refractivity contribution in [1.82, 2.24) is 0 Å². The van der Waals surface area contributed by atoms with Gasteiger partial charge in [-0.1, -0.05) is 5.11 Å². The fourth-order valence-electron chi connectivity index (χ4n) is 1.37. The third kappa shape index (κ3) is 4.44. The van der Waals surface area contributed by atoms with Crippen LogP contribution in [0, 0.1) is 5.41 Å². The van der Waals surface area contributed by atoms with Crippen LogP contribution in [0.2, 0.25) is 0 Å². The highest BCUT2D eigenvalue weighted by molar-refractivity contribution is 7.99. The van der Waals surface area contributed by atoms with Gasteiger partial charge in [0.15, 0.2) is 0 Å². The highest BCUT2D eigenvalue weighted by atomic mass is 32.2. The van der Waals surface area contributed by atoms with E-state index in [4.69, 9.17) is 5.53 Å². The number of nitrogens with zero attached hydrogens (tertiary/aromatic N) is 3. The van der Waals surface area contributed by atoms with E-state index in [-0.39, 0.29) is 11.4 Å². The molecule has 0 heterocycles. The third-order valence-electron chi connectivity index (χ3n) is 2.51. The summed E-state index contributed by atoms with van der Waals surface area (Å²) < 4.78 is 4.66. The molecule has 0 N–H and O–H groups in total. The third-order valence-corrected chi connectivity index (χ3v) is 3.80. The first-order chi connectivity index (χ1) is 7.22. The fraction of sp³-hybridized carbons (Fsp3) is 0.889. The van der Waals surface area contributed by atoms with Crippen LogP contribution in [-0.4, -0.2) is 31.1 Å². The molecule has 0 saturated heterocycles. The second-order valence-electron chi connectivity index (χ2n) is 3.76. The standard InChI is InChI=1S/C9H15N3O2S/c1-14-8(13)6-9(2-3-9)7-15-5-4-11-12-10/h2-7H2,1H3. The number of carbonyl (C=O) groups is 1. The van der Waals surface area contributed by atoms with E-state index in [0.717, 1.165) is 24.3 Å². The van der Waals surface area contributed by atoms with Crippen molar-refractivity contribution >= 4 is 17.7 Å². The van der Waals surface area contributed by atoms with E-state index in [0.29, 0.717) is 13.0 Å². The van der Waals surface area contributed by atoms with Gasteiger partial charge < -0.3 is 4.74 Å². The minimum Gasteiger partial charge on any atom is -0.469 e. The van der Waals surface area contributed by atoms with Crippen molar-refractivity contribution in [2.45, 2.75) is 19.3 Å². The zero-order valence-corrected chi connectivity index (χ0v) is 9.63. The Hall–Kier alpha value is -0.870. The van der Waals surface area contributed by atoms with Gasteiger partial charge in [-0.25, -0.2) is 0 Å². The highest BCUT2D eigenvalue weighted by Crippen LogP contribution is 2.51. The number of hydrogen-bond donors (Lipinski definition) is 0. The van der Waals surface area contributed by atoms with Gasteiger partial charge in [-0.3, -0.25) is 4.79 Å². The Balaban J connectivity index is 2.14. The average molecular weight is 229 g/mol. The molecular weight excluding hydrogens is 214 g/mol. The molecule has 0 aliphatic heterocycles. The van der Waals surface area contributed by atoms with E-state index in [1.54, 1.807) is 11.8 Å². The maximum atomic E-state index is 11.1. The minimum atomic E-state index is -0.122. The van der Waals surface area contributed by atoms with Crippen molar-refractivity contribution in [2.24, 2.45) is 10.5 Å². The number of azide groups is 1. The monoisotopic (exact) mass is 229 g/mol. The van der Waals surface area contributed by atoms with Crippen LogP contribution in [0.25, 0.3) is 10.4 Å². The first kappa shape index (κ1) is 12.2. The van der Waals surface area contributed by atoms with Gasteiger partial charge in [0.25, 0.3) is 0 Å². The summed E-state index contributed by atoms with van der Waals surface area (Å²) in [4.78, 5) is 13.8. The lowest BCUT2D eigenvalue weighted by Gasteiger charge is -2.12. The number of thioether (sulfide) groups is 1. The SMILES string of the molecule is COC(=O)CC1(CSCCN=[N+]=[N-])CC1. The molecule has 1 rings (SSSR count). The first-order valence-corrected chi connectivity index (χ1v) is 6.03. The number of ether oxygens (including phenoxy) is 1. The zero-order chi connectivity index (χ0) is 11.1. The predicted octanol–water partition coefficient (Wildman–Crippen LogP) is 2.37. The molecule has 0 bridgehead atoms. The summed E-state index contributed by atoms with van der Waals surface area (Å²) in [7, 11) is 1.42. The topological polar surface area (TPSA) is 75.1 Å². The van der Waals surface area contributed by atoms with Gasteiger partial charge >= 0.3 is 5.97 Å². The molecule has 1 aliphatic rings. The van der Waals surface area contributed by atoms with Gasteiger partial charge in [-0.2, -0.15) is 11.8 Å². The van der Waals surface area contributed by atoms with E-state index in [1.807, 2.05) is 0 Å². The Morgan fingerprint density at radius 3 is 2.93 bits per heavy atom. The van der Waals surface area contributed by atoms with Gasteiger partial charge in [0.05, 0.1) is 13.5 Å². The second kappa shape index (κ2) is 5.88. The van der Waals surface area contributed by atoms with Crippen LogP contribution >= 0.6 is 11.8 Å². The normalized spacial score (nSPS) is 16.6. The van der Waals surface area contributed by atoms with Crippen molar-refractivity contribution < 1.29 is 9.53 Å². The molecule has 0 radical (unpaired) electrons. The summed E-state index contributed by atoms with van der Waals surface area (Å²) in [6, 6.07) is 0. The summed E-state index contributed by atoms with van der Waals surface area (Å²) in [5.41, 5.74) is 8.25.